The molecule has 1 heterocycles. The van der Waals surface area contributed by atoms with Gasteiger partial charge in [-0.1, -0.05) is 0 Å². The molecule has 0 aromatic carbocycles. The van der Waals surface area contributed by atoms with Gasteiger partial charge in [-0.25, -0.2) is 0 Å². The van der Waals surface area contributed by atoms with Crippen LogP contribution in [0.3, 0.4) is 0 Å². The Labute approximate surface area is 54.6 Å². The molecule has 0 spiro atoms. The summed E-state index contributed by atoms with van der Waals surface area (Å²) in [6, 6.07) is 1.51. The topological polar surface area (TPSA) is 37.8 Å². The Balaban J connectivity index is 3.35. The van der Waals surface area contributed by atoms with Crippen molar-refractivity contribution in [2.75, 3.05) is 0 Å². The fourth-order valence-electron chi connectivity index (χ4n) is 0.484. The molecule has 4 heteroatoms. The van der Waals surface area contributed by atoms with Crippen LogP contribution < -0.4 is 5.56 Å². The highest BCUT2D eigenvalue weighted by Gasteiger charge is 1.91. The van der Waals surface area contributed by atoms with Crippen LogP contribution in [-0.2, 0) is 0 Å². The number of rotatable bonds is 0. The third-order valence-electron chi connectivity index (χ3n) is 0.808. The summed E-state index contributed by atoms with van der Waals surface area (Å²) >= 11 is 2.96. The number of hydrogen-bond acceptors (Lipinski definition) is 1. The molecule has 0 atom stereocenters. The molecule has 1 rings (SSSR count). The lowest BCUT2D eigenvalue weighted by molar-refractivity contribution is 0.971. The van der Waals surface area contributed by atoms with Gasteiger partial charge in [-0.3, -0.25) is 9.89 Å². The van der Waals surface area contributed by atoms with Crippen LogP contribution in [0.5, 0.6) is 0 Å². The summed E-state index contributed by atoms with van der Waals surface area (Å²) in [6.45, 7) is 1.82. The van der Waals surface area contributed by atoms with Gasteiger partial charge in [0.15, 0.2) is 0 Å². The van der Waals surface area contributed by atoms with Crippen molar-refractivity contribution >= 4 is 16.1 Å². The fourth-order valence-corrected chi connectivity index (χ4v) is 0.866. The maximum Gasteiger partial charge on any atom is 0.277 e. The first kappa shape index (κ1) is 5.62. The standard InChI is InChI=1S/C4H5BrN2O/c1-3-2-4(8)7(5)6-3/h2,6H,1H3. The summed E-state index contributed by atoms with van der Waals surface area (Å²) in [7, 11) is 0. The third kappa shape index (κ3) is 0.838. The third-order valence-corrected chi connectivity index (χ3v) is 1.33. The average molecular weight is 177 g/mol. The maximum atomic E-state index is 10.5. The van der Waals surface area contributed by atoms with Gasteiger partial charge in [0.2, 0.25) is 0 Å². The van der Waals surface area contributed by atoms with Crippen LogP contribution in [0.15, 0.2) is 10.9 Å². The van der Waals surface area contributed by atoms with E-state index in [1.165, 1.54) is 9.77 Å². The molecule has 44 valence electrons. The van der Waals surface area contributed by atoms with Gasteiger partial charge in [0.1, 0.15) is 0 Å². The Morgan fingerprint density at radius 2 is 2.50 bits per heavy atom. The van der Waals surface area contributed by atoms with Gasteiger partial charge in [-0.2, -0.15) is 3.71 Å². The van der Waals surface area contributed by atoms with Gasteiger partial charge in [0.05, 0.1) is 16.1 Å². The van der Waals surface area contributed by atoms with Crippen LogP contribution in [-0.4, -0.2) is 8.81 Å². The highest BCUT2D eigenvalue weighted by atomic mass is 79.9. The first-order chi connectivity index (χ1) is 3.70. The summed E-state index contributed by atoms with van der Waals surface area (Å²) in [6.07, 6.45) is 0. The molecule has 0 aliphatic carbocycles. The van der Waals surface area contributed by atoms with Crippen molar-refractivity contribution in [3.05, 3.63) is 22.1 Å². The van der Waals surface area contributed by atoms with Crippen molar-refractivity contribution < 1.29 is 0 Å². The summed E-state index contributed by atoms with van der Waals surface area (Å²) in [5.41, 5.74) is 0.786. The summed E-state index contributed by atoms with van der Waals surface area (Å²) in [5, 5.41) is 2.73. The Morgan fingerprint density at radius 1 is 1.88 bits per heavy atom. The van der Waals surface area contributed by atoms with Crippen molar-refractivity contribution in [2.45, 2.75) is 6.92 Å². The molecule has 0 bridgehead atoms. The minimum atomic E-state index is -0.0671. The van der Waals surface area contributed by atoms with E-state index in [2.05, 4.69) is 21.2 Å². The molecule has 0 radical (unpaired) electrons. The van der Waals surface area contributed by atoms with E-state index in [1.54, 1.807) is 0 Å². The van der Waals surface area contributed by atoms with E-state index in [0.717, 1.165) is 5.69 Å². The lowest BCUT2D eigenvalue weighted by Gasteiger charge is -1.79. The predicted octanol–water partition coefficient (Wildman–Crippen LogP) is 0.643. The summed E-state index contributed by atoms with van der Waals surface area (Å²) < 4.78 is 1.25. The van der Waals surface area contributed by atoms with Gasteiger partial charge in [0.25, 0.3) is 5.56 Å². The second-order valence-electron chi connectivity index (χ2n) is 1.56. The van der Waals surface area contributed by atoms with E-state index in [1.807, 2.05) is 6.92 Å². The highest BCUT2D eigenvalue weighted by Crippen LogP contribution is 1.86. The first-order valence-electron chi connectivity index (χ1n) is 2.15. The lowest BCUT2D eigenvalue weighted by atomic mass is 10.5. The van der Waals surface area contributed by atoms with Crippen LogP contribution in [0.4, 0.5) is 0 Å². The monoisotopic (exact) mass is 176 g/mol. The lowest BCUT2D eigenvalue weighted by Crippen LogP contribution is -2.03. The molecule has 0 saturated carbocycles. The Kier molecular flexibility index (Phi) is 1.25. The molecule has 0 unspecified atom stereocenters. The van der Waals surface area contributed by atoms with Crippen LogP contribution >= 0.6 is 16.1 Å². The van der Waals surface area contributed by atoms with E-state index >= 15 is 0 Å². The number of nitrogens with one attached hydrogen (secondary N) is 1. The summed E-state index contributed by atoms with van der Waals surface area (Å²) in [4.78, 5) is 10.5. The van der Waals surface area contributed by atoms with E-state index in [-0.39, 0.29) is 5.56 Å². The number of aromatic amines is 1. The average Bonchev–Trinajstić information content (AvgIpc) is 1.85. The zero-order chi connectivity index (χ0) is 6.15. The Bertz CT molecular complexity index is 236. The second kappa shape index (κ2) is 1.78. The number of aryl methyl sites for hydroxylation is 1. The van der Waals surface area contributed by atoms with Gasteiger partial charge >= 0.3 is 0 Å². The number of aromatic nitrogens is 2. The smallest absolute Gasteiger partial charge is 0.277 e. The summed E-state index contributed by atoms with van der Waals surface area (Å²) in [5.74, 6) is 0. The van der Waals surface area contributed by atoms with Crippen molar-refractivity contribution in [3.63, 3.8) is 0 Å². The quantitative estimate of drug-likeness (QED) is 0.620. The molecule has 8 heavy (non-hydrogen) atoms. The molecule has 0 fully saturated rings. The van der Waals surface area contributed by atoms with Gasteiger partial charge in [-0.15, -0.1) is 0 Å². The highest BCUT2D eigenvalue weighted by molar-refractivity contribution is 9.08. The molecule has 0 amide bonds. The predicted molar refractivity (Wildman–Crippen MR) is 34.1 cm³/mol. The molecule has 1 aromatic heterocycles. The van der Waals surface area contributed by atoms with E-state index in [9.17, 15) is 4.79 Å². The van der Waals surface area contributed by atoms with E-state index in [4.69, 9.17) is 0 Å². The molecule has 3 nitrogen and oxygen atoms in total. The van der Waals surface area contributed by atoms with Crippen LogP contribution in [0, 0.1) is 6.92 Å². The molecule has 0 aliphatic heterocycles. The number of halogens is 1. The molecule has 1 N–H and O–H groups in total. The zero-order valence-corrected chi connectivity index (χ0v) is 5.90. The van der Waals surface area contributed by atoms with Crippen molar-refractivity contribution in [1.82, 2.24) is 8.81 Å². The molecule has 0 saturated heterocycles. The van der Waals surface area contributed by atoms with Gasteiger partial charge < -0.3 is 0 Å². The molecular weight excluding hydrogens is 172 g/mol. The van der Waals surface area contributed by atoms with Crippen LogP contribution in [0.25, 0.3) is 0 Å². The normalized spacial score (nSPS) is 9.75. The maximum absolute atomic E-state index is 10.5. The fraction of sp³-hybridized carbons (Fsp3) is 0.250. The van der Waals surface area contributed by atoms with E-state index in [0.29, 0.717) is 0 Å². The number of H-pyrrole nitrogens is 1. The van der Waals surface area contributed by atoms with Crippen LogP contribution in [0.2, 0.25) is 0 Å². The molecule has 1 aromatic rings. The van der Waals surface area contributed by atoms with Crippen molar-refractivity contribution in [1.29, 1.82) is 0 Å². The Hall–Kier alpha value is -0.510. The first-order valence-corrected chi connectivity index (χ1v) is 2.86. The van der Waals surface area contributed by atoms with Gasteiger partial charge in [0, 0.05) is 11.8 Å². The molecular formula is C4H5BrN2O. The van der Waals surface area contributed by atoms with Gasteiger partial charge in [-0.05, 0) is 6.92 Å². The second-order valence-corrected chi connectivity index (χ2v) is 2.27. The largest absolute Gasteiger partial charge is 0.290 e. The van der Waals surface area contributed by atoms with Crippen LogP contribution in [0.1, 0.15) is 5.69 Å². The number of hydrogen-bond donors (Lipinski definition) is 1. The molecule has 0 aliphatic rings. The zero-order valence-electron chi connectivity index (χ0n) is 4.31. The number of nitrogens with zero attached hydrogens (tertiary/aromatic N) is 1. The Morgan fingerprint density at radius 3 is 2.62 bits per heavy atom. The van der Waals surface area contributed by atoms with E-state index < -0.39 is 0 Å². The van der Waals surface area contributed by atoms with Crippen molar-refractivity contribution in [3.8, 4) is 0 Å². The SMILES string of the molecule is Cc1cc(=O)n(Br)[nH]1. The minimum Gasteiger partial charge on any atom is -0.290 e. The van der Waals surface area contributed by atoms with Crippen molar-refractivity contribution in [2.24, 2.45) is 0 Å². The minimum absolute atomic E-state index is 0.0671.